The zero-order valence-corrected chi connectivity index (χ0v) is 14.8. The first kappa shape index (κ1) is 18.1. The van der Waals surface area contributed by atoms with Gasteiger partial charge in [0.15, 0.2) is 0 Å². The number of amides is 2. The van der Waals surface area contributed by atoms with Crippen LogP contribution in [-0.4, -0.2) is 25.1 Å². The summed E-state index contributed by atoms with van der Waals surface area (Å²) in [6, 6.07) is 20.9. The van der Waals surface area contributed by atoms with Gasteiger partial charge in [0, 0.05) is 12.1 Å². The van der Waals surface area contributed by atoms with E-state index in [0.717, 1.165) is 21.9 Å². The summed E-state index contributed by atoms with van der Waals surface area (Å²) < 4.78 is 5.36. The molecule has 0 aliphatic rings. The topological polar surface area (TPSA) is 79.8 Å². The van der Waals surface area contributed by atoms with Gasteiger partial charge in [0.25, 0.3) is 0 Å². The lowest BCUT2D eigenvalue weighted by atomic mass is 10.0. The average Bonchev–Trinajstić information content (AvgIpc) is 2.72. The molecular formula is C21H19N3O3. The predicted molar refractivity (Wildman–Crippen MR) is 105 cm³/mol. The standard InChI is InChI=1S/C21H19N3O3/c1-27-19-12-11-16-9-5-6-10-17(16)18(19)14-23-24-21(26)20(25)22-13-15-7-3-2-4-8-15/h2-12,14H,13H2,1H3,(H,22,25)(H,24,26)/b23-14-. The van der Waals surface area contributed by atoms with Crippen LogP contribution in [-0.2, 0) is 16.1 Å². The summed E-state index contributed by atoms with van der Waals surface area (Å²) in [6.45, 7) is 0.272. The van der Waals surface area contributed by atoms with Gasteiger partial charge in [0.2, 0.25) is 0 Å². The molecule has 0 aliphatic heterocycles. The van der Waals surface area contributed by atoms with Gasteiger partial charge in [-0.3, -0.25) is 9.59 Å². The molecule has 0 unspecified atom stereocenters. The molecule has 0 radical (unpaired) electrons. The number of benzene rings is 3. The Morgan fingerprint density at radius 1 is 0.963 bits per heavy atom. The number of nitrogens with one attached hydrogen (secondary N) is 2. The van der Waals surface area contributed by atoms with Gasteiger partial charge >= 0.3 is 11.8 Å². The molecule has 0 spiro atoms. The van der Waals surface area contributed by atoms with Gasteiger partial charge in [-0.1, -0.05) is 60.7 Å². The van der Waals surface area contributed by atoms with Crippen LogP contribution >= 0.6 is 0 Å². The third-order valence-corrected chi connectivity index (χ3v) is 4.01. The fourth-order valence-electron chi connectivity index (χ4n) is 2.65. The summed E-state index contributed by atoms with van der Waals surface area (Å²) in [5.74, 6) is -0.956. The lowest BCUT2D eigenvalue weighted by Gasteiger charge is -2.08. The lowest BCUT2D eigenvalue weighted by molar-refractivity contribution is -0.139. The second-order valence-electron chi connectivity index (χ2n) is 5.77. The van der Waals surface area contributed by atoms with Crippen LogP contribution in [0.5, 0.6) is 5.75 Å². The summed E-state index contributed by atoms with van der Waals surface area (Å²) in [6.07, 6.45) is 1.48. The van der Waals surface area contributed by atoms with Crippen molar-refractivity contribution in [2.24, 2.45) is 5.10 Å². The Morgan fingerprint density at radius 2 is 1.70 bits per heavy atom. The van der Waals surface area contributed by atoms with Crippen molar-refractivity contribution in [3.63, 3.8) is 0 Å². The van der Waals surface area contributed by atoms with Gasteiger partial charge < -0.3 is 10.1 Å². The van der Waals surface area contributed by atoms with E-state index < -0.39 is 11.8 Å². The molecule has 0 aromatic heterocycles. The van der Waals surface area contributed by atoms with Crippen LogP contribution in [0.1, 0.15) is 11.1 Å². The molecule has 27 heavy (non-hydrogen) atoms. The fraction of sp³-hybridized carbons (Fsp3) is 0.0952. The Kier molecular flexibility index (Phi) is 5.79. The minimum atomic E-state index is -0.832. The quantitative estimate of drug-likeness (QED) is 0.416. The largest absolute Gasteiger partial charge is 0.496 e. The Morgan fingerprint density at radius 3 is 2.48 bits per heavy atom. The van der Waals surface area contributed by atoms with E-state index in [4.69, 9.17) is 4.74 Å². The number of hydrogen-bond donors (Lipinski definition) is 2. The van der Waals surface area contributed by atoms with Crippen molar-refractivity contribution in [2.45, 2.75) is 6.54 Å². The monoisotopic (exact) mass is 361 g/mol. The zero-order chi connectivity index (χ0) is 19.1. The first-order chi connectivity index (χ1) is 13.2. The molecule has 0 saturated carbocycles. The van der Waals surface area contributed by atoms with Crippen LogP contribution in [0.2, 0.25) is 0 Å². The number of methoxy groups -OCH3 is 1. The van der Waals surface area contributed by atoms with Crippen molar-refractivity contribution >= 4 is 28.8 Å². The Bertz CT molecular complexity index is 984. The molecule has 0 bridgehead atoms. The molecule has 3 aromatic carbocycles. The van der Waals surface area contributed by atoms with Gasteiger partial charge in [0.1, 0.15) is 5.75 Å². The molecule has 6 heteroatoms. The van der Waals surface area contributed by atoms with Gasteiger partial charge in [-0.2, -0.15) is 5.10 Å². The molecule has 0 aliphatic carbocycles. The van der Waals surface area contributed by atoms with Crippen LogP contribution in [0.4, 0.5) is 0 Å². The minimum absolute atomic E-state index is 0.272. The average molecular weight is 361 g/mol. The first-order valence-corrected chi connectivity index (χ1v) is 8.40. The number of fused-ring (bicyclic) bond motifs is 1. The lowest BCUT2D eigenvalue weighted by Crippen LogP contribution is -2.37. The number of carbonyl (C=O) groups excluding carboxylic acids is 2. The predicted octanol–water partition coefficient (Wildman–Crippen LogP) is 2.61. The summed E-state index contributed by atoms with van der Waals surface area (Å²) in [4.78, 5) is 23.8. The van der Waals surface area contributed by atoms with Gasteiger partial charge in [0.05, 0.1) is 13.3 Å². The third kappa shape index (κ3) is 4.49. The number of hydrogen-bond acceptors (Lipinski definition) is 4. The molecule has 3 rings (SSSR count). The number of carbonyl (C=O) groups is 2. The highest BCUT2D eigenvalue weighted by atomic mass is 16.5. The Balaban J connectivity index is 1.65. The van der Waals surface area contributed by atoms with Crippen LogP contribution < -0.4 is 15.5 Å². The Hall–Kier alpha value is -3.67. The smallest absolute Gasteiger partial charge is 0.329 e. The highest BCUT2D eigenvalue weighted by Crippen LogP contribution is 2.26. The highest BCUT2D eigenvalue weighted by Gasteiger charge is 2.12. The molecule has 0 heterocycles. The van der Waals surface area contributed by atoms with Crippen molar-refractivity contribution in [3.8, 4) is 5.75 Å². The molecule has 0 atom stereocenters. The summed E-state index contributed by atoms with van der Waals surface area (Å²) in [7, 11) is 1.57. The zero-order valence-electron chi connectivity index (χ0n) is 14.8. The molecule has 2 amide bonds. The molecule has 2 N–H and O–H groups in total. The number of rotatable bonds is 5. The van der Waals surface area contributed by atoms with Crippen LogP contribution in [0, 0.1) is 0 Å². The third-order valence-electron chi connectivity index (χ3n) is 4.01. The van der Waals surface area contributed by atoms with E-state index in [1.165, 1.54) is 6.21 Å². The van der Waals surface area contributed by atoms with E-state index in [1.54, 1.807) is 7.11 Å². The Labute approximate surface area is 156 Å². The number of nitrogens with zero attached hydrogens (tertiary/aromatic N) is 1. The van der Waals surface area contributed by atoms with Crippen molar-refractivity contribution in [3.05, 3.63) is 77.9 Å². The van der Waals surface area contributed by atoms with E-state index in [2.05, 4.69) is 15.8 Å². The van der Waals surface area contributed by atoms with Crippen molar-refractivity contribution < 1.29 is 14.3 Å². The van der Waals surface area contributed by atoms with Crippen LogP contribution in [0.3, 0.4) is 0 Å². The van der Waals surface area contributed by atoms with Gasteiger partial charge in [-0.25, -0.2) is 5.43 Å². The maximum atomic E-state index is 11.9. The SMILES string of the molecule is COc1ccc2ccccc2c1/C=N\NC(=O)C(=O)NCc1ccccc1. The molecule has 6 nitrogen and oxygen atoms in total. The molecule has 3 aromatic rings. The summed E-state index contributed by atoms with van der Waals surface area (Å²) in [5, 5.41) is 8.41. The number of ether oxygens (including phenoxy) is 1. The second-order valence-corrected chi connectivity index (χ2v) is 5.77. The van der Waals surface area contributed by atoms with Gasteiger partial charge in [-0.15, -0.1) is 0 Å². The maximum Gasteiger partial charge on any atom is 0.329 e. The normalized spacial score (nSPS) is 10.7. The van der Waals surface area contributed by atoms with Crippen LogP contribution in [0.25, 0.3) is 10.8 Å². The maximum absolute atomic E-state index is 11.9. The van der Waals surface area contributed by atoms with Crippen molar-refractivity contribution in [1.82, 2.24) is 10.7 Å². The van der Waals surface area contributed by atoms with Crippen molar-refractivity contribution in [2.75, 3.05) is 7.11 Å². The van der Waals surface area contributed by atoms with Crippen molar-refractivity contribution in [1.29, 1.82) is 0 Å². The van der Waals surface area contributed by atoms with E-state index in [9.17, 15) is 9.59 Å². The van der Waals surface area contributed by atoms with E-state index in [0.29, 0.717) is 5.75 Å². The second kappa shape index (κ2) is 8.62. The first-order valence-electron chi connectivity index (χ1n) is 8.40. The summed E-state index contributed by atoms with van der Waals surface area (Å²) in [5.41, 5.74) is 3.87. The van der Waals surface area contributed by atoms with E-state index in [-0.39, 0.29) is 6.54 Å². The minimum Gasteiger partial charge on any atom is -0.496 e. The number of hydrazone groups is 1. The van der Waals surface area contributed by atoms with E-state index >= 15 is 0 Å². The molecular weight excluding hydrogens is 342 g/mol. The summed E-state index contributed by atoms with van der Waals surface area (Å²) >= 11 is 0. The van der Waals surface area contributed by atoms with E-state index in [1.807, 2.05) is 66.7 Å². The molecule has 136 valence electrons. The van der Waals surface area contributed by atoms with Crippen LogP contribution in [0.15, 0.2) is 71.8 Å². The molecule has 0 saturated heterocycles. The molecule has 0 fully saturated rings. The van der Waals surface area contributed by atoms with Gasteiger partial charge in [-0.05, 0) is 22.4 Å². The fourth-order valence-corrected chi connectivity index (χ4v) is 2.65. The highest BCUT2D eigenvalue weighted by molar-refractivity contribution is 6.35.